The molecule has 8 heteroatoms. The molecule has 3 N–H and O–H groups in total. The van der Waals surface area contributed by atoms with E-state index in [9.17, 15) is 0 Å². The minimum absolute atomic E-state index is 0.000885. The summed E-state index contributed by atoms with van der Waals surface area (Å²) < 4.78 is 10.5. The standard InChI is InChI=1S/C12H15ClN4O3/c1-19-9-5-7-8(6-10(9)20-2)15-12(13)16-11(7)17-14-3-4-18/h5-6,14,18H,3-4H2,1-2H3,(H,15,16,17). The van der Waals surface area contributed by atoms with Crippen molar-refractivity contribution < 1.29 is 14.6 Å². The molecule has 1 heterocycles. The number of aliphatic hydroxyl groups excluding tert-OH is 1. The van der Waals surface area contributed by atoms with Crippen molar-refractivity contribution in [3.8, 4) is 11.5 Å². The van der Waals surface area contributed by atoms with Crippen molar-refractivity contribution in [3.05, 3.63) is 17.4 Å². The third-order valence-corrected chi connectivity index (χ3v) is 2.79. The molecule has 20 heavy (non-hydrogen) atoms. The summed E-state index contributed by atoms with van der Waals surface area (Å²) in [7, 11) is 3.10. The number of hydrazine groups is 1. The molecule has 2 rings (SSSR count). The first kappa shape index (κ1) is 14.6. The molecular formula is C12H15ClN4O3. The monoisotopic (exact) mass is 298 g/mol. The van der Waals surface area contributed by atoms with Crippen LogP contribution in [0, 0.1) is 0 Å². The van der Waals surface area contributed by atoms with Crippen LogP contribution in [-0.4, -0.2) is 42.4 Å². The van der Waals surface area contributed by atoms with E-state index in [0.717, 1.165) is 5.39 Å². The summed E-state index contributed by atoms with van der Waals surface area (Å²) in [5.41, 5.74) is 6.31. The molecule has 108 valence electrons. The van der Waals surface area contributed by atoms with Crippen molar-refractivity contribution in [2.45, 2.75) is 0 Å². The number of hydrogen-bond donors (Lipinski definition) is 3. The Bertz CT molecular complexity index is 609. The van der Waals surface area contributed by atoms with E-state index in [0.29, 0.717) is 29.4 Å². The van der Waals surface area contributed by atoms with E-state index in [4.69, 9.17) is 26.2 Å². The number of aliphatic hydroxyl groups is 1. The van der Waals surface area contributed by atoms with E-state index >= 15 is 0 Å². The van der Waals surface area contributed by atoms with Gasteiger partial charge in [-0.3, -0.25) is 0 Å². The van der Waals surface area contributed by atoms with Crippen LogP contribution in [0.1, 0.15) is 0 Å². The first-order valence-corrected chi connectivity index (χ1v) is 6.26. The minimum atomic E-state index is 0.000885. The summed E-state index contributed by atoms with van der Waals surface area (Å²) in [6.45, 7) is 0.372. The van der Waals surface area contributed by atoms with Gasteiger partial charge in [0.05, 0.1) is 26.3 Å². The summed E-state index contributed by atoms with van der Waals surface area (Å²) in [5.74, 6) is 1.62. The smallest absolute Gasteiger partial charge is 0.224 e. The highest BCUT2D eigenvalue weighted by atomic mass is 35.5. The third kappa shape index (κ3) is 3.01. The second-order valence-electron chi connectivity index (χ2n) is 3.84. The molecule has 0 saturated carbocycles. The van der Waals surface area contributed by atoms with Crippen LogP contribution < -0.4 is 20.3 Å². The maximum atomic E-state index is 8.76. The van der Waals surface area contributed by atoms with Gasteiger partial charge < -0.3 is 20.0 Å². The number of rotatable bonds is 6. The van der Waals surface area contributed by atoms with E-state index < -0.39 is 0 Å². The molecule has 0 aliphatic carbocycles. The lowest BCUT2D eigenvalue weighted by Crippen LogP contribution is -2.25. The Morgan fingerprint density at radius 2 is 1.90 bits per heavy atom. The predicted molar refractivity (Wildman–Crippen MR) is 76.4 cm³/mol. The van der Waals surface area contributed by atoms with Gasteiger partial charge in [-0.05, 0) is 17.7 Å². The van der Waals surface area contributed by atoms with Crippen molar-refractivity contribution in [1.82, 2.24) is 15.4 Å². The maximum Gasteiger partial charge on any atom is 0.224 e. The summed E-state index contributed by atoms with van der Waals surface area (Å²) in [6.07, 6.45) is 0. The molecule has 1 aromatic heterocycles. The Morgan fingerprint density at radius 1 is 1.20 bits per heavy atom. The van der Waals surface area contributed by atoms with Gasteiger partial charge in [-0.1, -0.05) is 0 Å². The van der Waals surface area contributed by atoms with Gasteiger partial charge in [0.15, 0.2) is 17.3 Å². The number of halogens is 1. The minimum Gasteiger partial charge on any atom is -0.493 e. The number of aromatic nitrogens is 2. The fourth-order valence-corrected chi connectivity index (χ4v) is 1.90. The third-order valence-electron chi connectivity index (χ3n) is 2.62. The van der Waals surface area contributed by atoms with Gasteiger partial charge >= 0.3 is 0 Å². The van der Waals surface area contributed by atoms with E-state index in [1.54, 1.807) is 26.4 Å². The average molecular weight is 299 g/mol. The molecular weight excluding hydrogens is 284 g/mol. The van der Waals surface area contributed by atoms with Crippen LogP contribution in [0.4, 0.5) is 5.82 Å². The van der Waals surface area contributed by atoms with Gasteiger partial charge in [0.2, 0.25) is 5.28 Å². The molecule has 0 spiro atoms. The first-order chi connectivity index (χ1) is 9.69. The van der Waals surface area contributed by atoms with Crippen LogP contribution in [-0.2, 0) is 0 Å². The Kier molecular flexibility index (Phi) is 4.78. The lowest BCUT2D eigenvalue weighted by atomic mass is 10.2. The van der Waals surface area contributed by atoms with Crippen molar-refractivity contribution in [1.29, 1.82) is 0 Å². The fourth-order valence-electron chi connectivity index (χ4n) is 1.72. The van der Waals surface area contributed by atoms with Crippen molar-refractivity contribution in [2.75, 3.05) is 32.8 Å². The lowest BCUT2D eigenvalue weighted by Gasteiger charge is -2.12. The Hall–Kier alpha value is -1.83. The topological polar surface area (TPSA) is 88.5 Å². The second kappa shape index (κ2) is 6.56. The molecule has 0 unspecified atom stereocenters. The van der Waals surface area contributed by atoms with Gasteiger partial charge in [0.25, 0.3) is 0 Å². The van der Waals surface area contributed by atoms with Crippen LogP contribution in [0.3, 0.4) is 0 Å². The van der Waals surface area contributed by atoms with Gasteiger partial charge in [-0.15, -0.1) is 0 Å². The van der Waals surface area contributed by atoms with E-state index in [-0.39, 0.29) is 11.9 Å². The second-order valence-corrected chi connectivity index (χ2v) is 4.18. The lowest BCUT2D eigenvalue weighted by molar-refractivity contribution is 0.296. The summed E-state index contributed by atoms with van der Waals surface area (Å²) in [4.78, 5) is 8.26. The summed E-state index contributed by atoms with van der Waals surface area (Å²) >= 11 is 5.89. The highest BCUT2D eigenvalue weighted by Crippen LogP contribution is 2.34. The van der Waals surface area contributed by atoms with Crippen LogP contribution in [0.2, 0.25) is 5.28 Å². The molecule has 0 aliphatic heterocycles. The van der Waals surface area contributed by atoms with Crippen molar-refractivity contribution in [2.24, 2.45) is 0 Å². The first-order valence-electron chi connectivity index (χ1n) is 5.88. The molecule has 0 aliphatic rings. The zero-order chi connectivity index (χ0) is 14.5. The quantitative estimate of drug-likeness (QED) is 0.419. The van der Waals surface area contributed by atoms with E-state index in [1.807, 2.05) is 0 Å². The molecule has 7 nitrogen and oxygen atoms in total. The van der Waals surface area contributed by atoms with Crippen molar-refractivity contribution >= 4 is 28.3 Å². The highest BCUT2D eigenvalue weighted by molar-refractivity contribution is 6.28. The molecule has 0 radical (unpaired) electrons. The number of nitrogens with one attached hydrogen (secondary N) is 2. The van der Waals surface area contributed by atoms with E-state index in [1.165, 1.54) is 0 Å². The normalized spacial score (nSPS) is 10.6. The average Bonchev–Trinajstić information content (AvgIpc) is 2.45. The van der Waals surface area contributed by atoms with Crippen LogP contribution in [0.5, 0.6) is 11.5 Å². The molecule has 1 aromatic carbocycles. The Morgan fingerprint density at radius 3 is 2.55 bits per heavy atom. The van der Waals surface area contributed by atoms with Gasteiger partial charge in [0, 0.05) is 18.0 Å². The number of hydrogen-bond acceptors (Lipinski definition) is 7. The largest absolute Gasteiger partial charge is 0.493 e. The zero-order valence-electron chi connectivity index (χ0n) is 11.1. The zero-order valence-corrected chi connectivity index (χ0v) is 11.9. The fraction of sp³-hybridized carbons (Fsp3) is 0.333. The molecule has 0 bridgehead atoms. The molecule has 0 atom stereocenters. The van der Waals surface area contributed by atoms with Crippen molar-refractivity contribution in [3.63, 3.8) is 0 Å². The van der Waals surface area contributed by atoms with Crippen LogP contribution in [0.25, 0.3) is 10.9 Å². The van der Waals surface area contributed by atoms with Gasteiger partial charge in [0.1, 0.15) is 0 Å². The van der Waals surface area contributed by atoms with Crippen LogP contribution in [0.15, 0.2) is 12.1 Å². The molecule has 0 amide bonds. The summed E-state index contributed by atoms with van der Waals surface area (Å²) in [6, 6.07) is 3.48. The number of nitrogens with zero attached hydrogens (tertiary/aromatic N) is 2. The van der Waals surface area contributed by atoms with Gasteiger partial charge in [-0.25, -0.2) is 10.4 Å². The number of fused-ring (bicyclic) bond motifs is 1. The highest BCUT2D eigenvalue weighted by Gasteiger charge is 2.12. The Balaban J connectivity index is 2.50. The maximum absolute atomic E-state index is 8.76. The van der Waals surface area contributed by atoms with Crippen LogP contribution >= 0.6 is 11.6 Å². The number of anilines is 1. The number of ether oxygens (including phenoxy) is 2. The SMILES string of the molecule is COc1cc2nc(Cl)nc(NNCCO)c2cc1OC. The Labute approximate surface area is 120 Å². The summed E-state index contributed by atoms with van der Waals surface area (Å²) in [5, 5.41) is 9.59. The number of methoxy groups -OCH3 is 2. The number of benzene rings is 1. The molecule has 0 fully saturated rings. The predicted octanol–water partition coefficient (Wildman–Crippen LogP) is 1.21. The molecule has 2 aromatic rings. The molecule has 0 saturated heterocycles. The van der Waals surface area contributed by atoms with E-state index in [2.05, 4.69) is 20.8 Å². The van der Waals surface area contributed by atoms with Gasteiger partial charge in [-0.2, -0.15) is 4.98 Å².